The number of anilines is 1. The summed E-state index contributed by atoms with van der Waals surface area (Å²) in [7, 11) is 1.62. The SMILES string of the molecule is COCCN(CC(C)C)C(=O)c1ccc(NN)cn1. The zero-order valence-corrected chi connectivity index (χ0v) is 11.7. The molecule has 1 aromatic rings. The van der Waals surface area contributed by atoms with Crippen LogP contribution >= 0.6 is 0 Å². The number of rotatable bonds is 7. The van der Waals surface area contributed by atoms with Gasteiger partial charge in [0.25, 0.3) is 5.91 Å². The van der Waals surface area contributed by atoms with Gasteiger partial charge in [-0.2, -0.15) is 0 Å². The van der Waals surface area contributed by atoms with Crippen molar-refractivity contribution in [3.8, 4) is 0 Å². The zero-order chi connectivity index (χ0) is 14.3. The van der Waals surface area contributed by atoms with E-state index in [1.165, 1.54) is 6.20 Å². The number of aromatic nitrogens is 1. The van der Waals surface area contributed by atoms with Gasteiger partial charge in [-0.3, -0.25) is 10.6 Å². The topological polar surface area (TPSA) is 80.5 Å². The van der Waals surface area contributed by atoms with E-state index in [0.717, 1.165) is 0 Å². The molecule has 1 rings (SSSR count). The van der Waals surface area contributed by atoms with Gasteiger partial charge >= 0.3 is 0 Å². The minimum atomic E-state index is -0.0886. The highest BCUT2D eigenvalue weighted by Gasteiger charge is 2.17. The first kappa shape index (κ1) is 15.4. The molecule has 0 bridgehead atoms. The van der Waals surface area contributed by atoms with Crippen LogP contribution in [0.4, 0.5) is 5.69 Å². The summed E-state index contributed by atoms with van der Waals surface area (Å²) in [6.07, 6.45) is 1.54. The Hall–Kier alpha value is -1.66. The van der Waals surface area contributed by atoms with Gasteiger partial charge in [0.15, 0.2) is 0 Å². The standard InChI is InChI=1S/C13H22N4O2/c1-10(2)9-17(6-7-19-3)13(18)12-5-4-11(16-14)8-15-12/h4-5,8,10,16H,6-7,9,14H2,1-3H3. The Labute approximate surface area is 113 Å². The van der Waals surface area contributed by atoms with Gasteiger partial charge in [-0.05, 0) is 18.1 Å². The number of nitrogens with zero attached hydrogens (tertiary/aromatic N) is 2. The van der Waals surface area contributed by atoms with E-state index in [-0.39, 0.29) is 5.91 Å². The highest BCUT2D eigenvalue weighted by Crippen LogP contribution is 2.09. The highest BCUT2D eigenvalue weighted by molar-refractivity contribution is 5.92. The molecule has 0 aliphatic heterocycles. The van der Waals surface area contributed by atoms with Crippen LogP contribution in [0.2, 0.25) is 0 Å². The summed E-state index contributed by atoms with van der Waals surface area (Å²) >= 11 is 0. The molecule has 19 heavy (non-hydrogen) atoms. The lowest BCUT2D eigenvalue weighted by Gasteiger charge is -2.24. The van der Waals surface area contributed by atoms with Crippen molar-refractivity contribution in [2.75, 3.05) is 32.2 Å². The van der Waals surface area contributed by atoms with Gasteiger partial charge in [0.2, 0.25) is 0 Å². The Morgan fingerprint density at radius 1 is 1.53 bits per heavy atom. The van der Waals surface area contributed by atoms with Crippen LogP contribution in [0.5, 0.6) is 0 Å². The Morgan fingerprint density at radius 2 is 2.26 bits per heavy atom. The fraction of sp³-hybridized carbons (Fsp3) is 0.538. The van der Waals surface area contributed by atoms with Crippen LogP contribution in [0.15, 0.2) is 18.3 Å². The summed E-state index contributed by atoms with van der Waals surface area (Å²) in [5.41, 5.74) is 3.56. The molecule has 0 spiro atoms. The average molecular weight is 266 g/mol. The van der Waals surface area contributed by atoms with E-state index in [4.69, 9.17) is 10.6 Å². The van der Waals surface area contributed by atoms with Crippen molar-refractivity contribution in [3.05, 3.63) is 24.0 Å². The van der Waals surface area contributed by atoms with E-state index < -0.39 is 0 Å². The second-order valence-corrected chi connectivity index (χ2v) is 4.71. The highest BCUT2D eigenvalue weighted by atomic mass is 16.5. The number of pyridine rings is 1. The molecule has 0 fully saturated rings. The Kier molecular flexibility index (Phi) is 6.24. The molecule has 0 atom stereocenters. The molecule has 1 amide bonds. The molecule has 0 aromatic carbocycles. The van der Waals surface area contributed by atoms with Gasteiger partial charge in [-0.15, -0.1) is 0 Å². The minimum absolute atomic E-state index is 0.0886. The maximum absolute atomic E-state index is 12.3. The number of methoxy groups -OCH3 is 1. The number of hydrogen-bond acceptors (Lipinski definition) is 5. The normalized spacial score (nSPS) is 10.6. The maximum Gasteiger partial charge on any atom is 0.272 e. The molecule has 0 unspecified atom stereocenters. The lowest BCUT2D eigenvalue weighted by atomic mass is 10.2. The predicted octanol–water partition coefficient (Wildman–Crippen LogP) is 1.11. The number of carbonyl (C=O) groups excluding carboxylic acids is 1. The number of carbonyl (C=O) groups is 1. The van der Waals surface area contributed by atoms with Crippen LogP contribution in [0.25, 0.3) is 0 Å². The van der Waals surface area contributed by atoms with Gasteiger partial charge in [0.05, 0.1) is 18.5 Å². The number of hydrogen-bond donors (Lipinski definition) is 2. The van der Waals surface area contributed by atoms with E-state index >= 15 is 0 Å². The number of hydrazine groups is 1. The number of nitrogens with two attached hydrogens (primary N) is 1. The van der Waals surface area contributed by atoms with Crippen molar-refractivity contribution in [3.63, 3.8) is 0 Å². The summed E-state index contributed by atoms with van der Waals surface area (Å²) in [6, 6.07) is 3.39. The largest absolute Gasteiger partial charge is 0.383 e. The van der Waals surface area contributed by atoms with E-state index in [1.807, 2.05) is 0 Å². The zero-order valence-electron chi connectivity index (χ0n) is 11.7. The van der Waals surface area contributed by atoms with Crippen molar-refractivity contribution < 1.29 is 9.53 Å². The fourth-order valence-electron chi connectivity index (χ4n) is 1.69. The fourth-order valence-corrected chi connectivity index (χ4v) is 1.69. The van der Waals surface area contributed by atoms with Crippen molar-refractivity contribution in [2.24, 2.45) is 11.8 Å². The predicted molar refractivity (Wildman–Crippen MR) is 74.7 cm³/mol. The lowest BCUT2D eigenvalue weighted by molar-refractivity contribution is 0.0666. The Bertz CT molecular complexity index is 392. The Balaban J connectivity index is 2.78. The van der Waals surface area contributed by atoms with Crippen LogP contribution in [0, 0.1) is 5.92 Å². The van der Waals surface area contributed by atoms with Gasteiger partial charge in [0, 0.05) is 20.2 Å². The van der Waals surface area contributed by atoms with E-state index in [2.05, 4.69) is 24.3 Å². The summed E-state index contributed by atoms with van der Waals surface area (Å²) in [5.74, 6) is 5.57. The van der Waals surface area contributed by atoms with Gasteiger partial charge < -0.3 is 15.1 Å². The van der Waals surface area contributed by atoms with Crippen LogP contribution in [-0.2, 0) is 4.74 Å². The van der Waals surface area contributed by atoms with Crippen LogP contribution in [0.1, 0.15) is 24.3 Å². The molecular formula is C13H22N4O2. The monoisotopic (exact) mass is 266 g/mol. The van der Waals surface area contributed by atoms with Crippen molar-refractivity contribution >= 4 is 11.6 Å². The quantitative estimate of drug-likeness (QED) is 0.571. The average Bonchev–Trinajstić information content (AvgIpc) is 2.42. The molecule has 1 heterocycles. The Morgan fingerprint density at radius 3 is 2.74 bits per heavy atom. The van der Waals surface area contributed by atoms with Crippen molar-refractivity contribution in [1.29, 1.82) is 0 Å². The summed E-state index contributed by atoms with van der Waals surface area (Å²) in [5, 5.41) is 0. The second-order valence-electron chi connectivity index (χ2n) is 4.71. The second kappa shape index (κ2) is 7.70. The molecular weight excluding hydrogens is 244 g/mol. The first-order chi connectivity index (χ1) is 9.08. The van der Waals surface area contributed by atoms with E-state index in [1.54, 1.807) is 24.1 Å². The molecule has 3 N–H and O–H groups in total. The van der Waals surface area contributed by atoms with Crippen LogP contribution in [-0.4, -0.2) is 42.6 Å². The number of ether oxygens (including phenoxy) is 1. The third-order valence-corrected chi connectivity index (χ3v) is 2.59. The first-order valence-electron chi connectivity index (χ1n) is 6.29. The number of amides is 1. The molecule has 0 saturated heterocycles. The van der Waals surface area contributed by atoms with Crippen molar-refractivity contribution in [2.45, 2.75) is 13.8 Å². The first-order valence-corrected chi connectivity index (χ1v) is 6.29. The molecule has 106 valence electrons. The number of nitrogens with one attached hydrogen (secondary N) is 1. The summed E-state index contributed by atoms with van der Waals surface area (Å²) in [6.45, 7) is 5.90. The smallest absolute Gasteiger partial charge is 0.272 e. The molecule has 1 aromatic heterocycles. The molecule has 0 aliphatic rings. The maximum atomic E-state index is 12.3. The lowest BCUT2D eigenvalue weighted by Crippen LogP contribution is -2.37. The molecule has 0 aliphatic carbocycles. The molecule has 6 nitrogen and oxygen atoms in total. The summed E-state index contributed by atoms with van der Waals surface area (Å²) in [4.78, 5) is 18.2. The van der Waals surface area contributed by atoms with Crippen LogP contribution in [0.3, 0.4) is 0 Å². The van der Waals surface area contributed by atoms with Gasteiger partial charge in [-0.25, -0.2) is 4.98 Å². The third kappa shape index (κ3) is 4.84. The van der Waals surface area contributed by atoms with E-state index in [0.29, 0.717) is 37.0 Å². The summed E-state index contributed by atoms with van der Waals surface area (Å²) < 4.78 is 5.04. The van der Waals surface area contributed by atoms with Gasteiger partial charge in [-0.1, -0.05) is 13.8 Å². The minimum Gasteiger partial charge on any atom is -0.383 e. The third-order valence-electron chi connectivity index (χ3n) is 2.59. The molecule has 6 heteroatoms. The van der Waals surface area contributed by atoms with Crippen LogP contribution < -0.4 is 11.3 Å². The molecule has 0 saturated carbocycles. The van der Waals surface area contributed by atoms with Gasteiger partial charge in [0.1, 0.15) is 5.69 Å². The number of nitrogen functional groups attached to an aromatic ring is 1. The molecule has 0 radical (unpaired) electrons. The van der Waals surface area contributed by atoms with E-state index in [9.17, 15) is 4.79 Å². The van der Waals surface area contributed by atoms with Crippen molar-refractivity contribution in [1.82, 2.24) is 9.88 Å².